The lowest BCUT2D eigenvalue weighted by Crippen LogP contribution is -2.50. The van der Waals surface area contributed by atoms with Crippen LogP contribution in [0.3, 0.4) is 0 Å². The summed E-state index contributed by atoms with van der Waals surface area (Å²) >= 11 is 0. The molecule has 3 atom stereocenters. The van der Waals surface area contributed by atoms with Crippen LogP contribution in [-0.4, -0.2) is 72.5 Å². The maximum absolute atomic E-state index is 13.6. The molecule has 0 saturated heterocycles. The van der Waals surface area contributed by atoms with Crippen molar-refractivity contribution in [3.05, 3.63) is 77.7 Å². The molecule has 2 aromatic carbocycles. The fourth-order valence-corrected chi connectivity index (χ4v) is 5.55. The number of carbonyl (C=O) groups excluding carboxylic acids is 1. The second kappa shape index (κ2) is 11.2. The van der Waals surface area contributed by atoms with Crippen molar-refractivity contribution in [3.63, 3.8) is 0 Å². The minimum absolute atomic E-state index is 0.0216. The van der Waals surface area contributed by atoms with Crippen molar-refractivity contribution in [2.45, 2.75) is 37.8 Å². The number of aliphatic hydroxyl groups excluding tert-OH is 1. The number of nitrogens with zero attached hydrogens (tertiary/aromatic N) is 3. The monoisotopic (exact) mass is 541 g/mol. The van der Waals surface area contributed by atoms with E-state index >= 15 is 0 Å². The maximum Gasteiger partial charge on any atom is 0.259 e. The first-order valence-corrected chi connectivity index (χ1v) is 13.8. The van der Waals surface area contributed by atoms with Gasteiger partial charge in [0.05, 0.1) is 24.1 Å². The highest BCUT2D eigenvalue weighted by Gasteiger charge is 2.36. The molecule has 0 saturated carbocycles. The van der Waals surface area contributed by atoms with Crippen LogP contribution in [0.1, 0.15) is 29.8 Å². The van der Waals surface area contributed by atoms with Gasteiger partial charge in [-0.1, -0.05) is 36.8 Å². The number of halogens is 1. The highest BCUT2D eigenvalue weighted by molar-refractivity contribution is 7.89. The molecular formula is C28H32FN3O5S. The number of aliphatic hydroxyl groups is 1. The van der Waals surface area contributed by atoms with Gasteiger partial charge in [0.1, 0.15) is 17.5 Å². The largest absolute Gasteiger partial charge is 0.472 e. The van der Waals surface area contributed by atoms with Crippen LogP contribution < -0.4 is 4.74 Å². The number of ether oxygens (including phenoxy) is 1. The molecule has 1 amide bonds. The summed E-state index contributed by atoms with van der Waals surface area (Å²) in [6, 6.07) is 13.6. The number of fused-ring (bicyclic) bond motifs is 1. The molecule has 10 heteroatoms. The van der Waals surface area contributed by atoms with Crippen LogP contribution in [0.5, 0.6) is 5.88 Å². The van der Waals surface area contributed by atoms with Crippen molar-refractivity contribution >= 4 is 15.9 Å². The lowest BCUT2D eigenvalue weighted by molar-refractivity contribution is 0.0373. The molecule has 0 fully saturated rings. The number of carbonyl (C=O) groups is 1. The summed E-state index contributed by atoms with van der Waals surface area (Å²) in [5.74, 6) is -0.940. The van der Waals surface area contributed by atoms with Gasteiger partial charge in [-0.3, -0.25) is 4.79 Å². The van der Waals surface area contributed by atoms with E-state index in [1.165, 1.54) is 29.7 Å². The molecule has 0 spiro atoms. The van der Waals surface area contributed by atoms with Gasteiger partial charge in [-0.2, -0.15) is 4.31 Å². The smallest absolute Gasteiger partial charge is 0.259 e. The lowest BCUT2D eigenvalue weighted by Gasteiger charge is -2.37. The van der Waals surface area contributed by atoms with Gasteiger partial charge in [0.25, 0.3) is 5.91 Å². The minimum Gasteiger partial charge on any atom is -0.472 e. The molecule has 38 heavy (non-hydrogen) atoms. The van der Waals surface area contributed by atoms with Crippen LogP contribution in [0.25, 0.3) is 11.1 Å². The Labute approximate surface area is 222 Å². The molecule has 1 aliphatic rings. The van der Waals surface area contributed by atoms with Gasteiger partial charge >= 0.3 is 0 Å². The Morgan fingerprint density at radius 1 is 1.16 bits per heavy atom. The normalized spacial score (nSPS) is 18.9. The van der Waals surface area contributed by atoms with Gasteiger partial charge in [0.2, 0.25) is 15.9 Å². The number of hydrogen-bond acceptors (Lipinski definition) is 6. The zero-order valence-electron chi connectivity index (χ0n) is 21.8. The van der Waals surface area contributed by atoms with Crippen molar-refractivity contribution in [1.29, 1.82) is 0 Å². The first-order valence-electron chi connectivity index (χ1n) is 12.4. The average Bonchev–Trinajstić information content (AvgIpc) is 2.90. The Kier molecular flexibility index (Phi) is 8.15. The Hall–Kier alpha value is -3.34. The van der Waals surface area contributed by atoms with Crippen LogP contribution in [0.15, 0.2) is 65.7 Å². The fraction of sp³-hybridized carbons (Fsp3) is 0.357. The zero-order valence-corrected chi connectivity index (χ0v) is 22.7. The molecule has 0 unspecified atom stereocenters. The first kappa shape index (κ1) is 27.7. The number of pyridine rings is 1. The lowest BCUT2D eigenvalue weighted by atomic mass is 9.99. The Morgan fingerprint density at radius 3 is 2.45 bits per heavy atom. The Morgan fingerprint density at radius 2 is 1.82 bits per heavy atom. The first-order chi connectivity index (χ1) is 18.0. The van der Waals surface area contributed by atoms with Crippen molar-refractivity contribution in [1.82, 2.24) is 14.2 Å². The average molecular weight is 542 g/mol. The molecule has 0 bridgehead atoms. The van der Waals surface area contributed by atoms with Crippen LogP contribution in [-0.2, 0) is 10.0 Å². The predicted octanol–water partition coefficient (Wildman–Crippen LogP) is 3.74. The van der Waals surface area contributed by atoms with E-state index in [0.717, 1.165) is 5.56 Å². The number of sulfonamides is 1. The van der Waals surface area contributed by atoms with Crippen LogP contribution in [0, 0.1) is 18.7 Å². The highest BCUT2D eigenvalue weighted by Crippen LogP contribution is 2.31. The summed E-state index contributed by atoms with van der Waals surface area (Å²) in [5, 5.41) is 9.86. The van der Waals surface area contributed by atoms with E-state index in [1.807, 2.05) is 13.8 Å². The highest BCUT2D eigenvalue weighted by atomic mass is 32.2. The molecular weight excluding hydrogens is 509 g/mol. The number of rotatable bonds is 7. The van der Waals surface area contributed by atoms with Crippen molar-refractivity contribution in [2.75, 3.05) is 26.7 Å². The molecule has 0 radical (unpaired) electrons. The predicted molar refractivity (Wildman–Crippen MR) is 142 cm³/mol. The maximum atomic E-state index is 13.6. The number of aromatic nitrogens is 1. The number of hydrogen-bond donors (Lipinski definition) is 1. The van der Waals surface area contributed by atoms with Crippen LogP contribution in [0.4, 0.5) is 4.39 Å². The van der Waals surface area contributed by atoms with Crippen molar-refractivity contribution in [3.8, 4) is 17.0 Å². The summed E-state index contributed by atoms with van der Waals surface area (Å²) in [4.78, 5) is 19.8. The number of benzene rings is 2. The second-order valence-corrected chi connectivity index (χ2v) is 11.8. The number of amides is 1. The molecule has 3 aromatic rings. The quantitative estimate of drug-likeness (QED) is 0.489. The number of likely N-dealkylation sites (N-methyl/N-ethyl adjacent to an activating group) is 1. The van der Waals surface area contributed by atoms with Gasteiger partial charge in [-0.25, -0.2) is 17.8 Å². The van der Waals surface area contributed by atoms with Gasteiger partial charge in [-0.15, -0.1) is 0 Å². The van der Waals surface area contributed by atoms with Crippen LogP contribution in [0.2, 0.25) is 0 Å². The second-order valence-electron chi connectivity index (χ2n) is 9.80. The summed E-state index contributed by atoms with van der Waals surface area (Å²) in [6.45, 7) is 5.52. The Balaban J connectivity index is 1.70. The van der Waals surface area contributed by atoms with Gasteiger partial charge in [0.15, 0.2) is 0 Å². The molecule has 202 valence electrons. The molecule has 4 rings (SSSR count). The topological polar surface area (TPSA) is 100 Å². The summed E-state index contributed by atoms with van der Waals surface area (Å²) in [6.07, 6.45) is 0.902. The fourth-order valence-electron chi connectivity index (χ4n) is 4.36. The molecule has 1 N–H and O–H groups in total. The summed E-state index contributed by atoms with van der Waals surface area (Å²) in [7, 11) is -2.29. The SMILES string of the molecule is Cc1ccc(S(=O)(=O)N(C)C[C@@H]2Oc3ncc(-c4ccc(F)cc4)cc3C(=O)N([C@H](C)CO)C[C@@H]2C)cc1. The third kappa shape index (κ3) is 5.72. The Bertz CT molecular complexity index is 1400. The van der Waals surface area contributed by atoms with Crippen molar-refractivity contribution in [2.24, 2.45) is 5.92 Å². The summed E-state index contributed by atoms with van der Waals surface area (Å²) in [5.41, 5.74) is 2.41. The van der Waals surface area contributed by atoms with Gasteiger partial charge < -0.3 is 14.7 Å². The molecule has 1 aliphatic heterocycles. The van der Waals surface area contributed by atoms with Gasteiger partial charge in [0, 0.05) is 31.3 Å². The number of aryl methyl sites for hydroxylation is 1. The van der Waals surface area contributed by atoms with E-state index in [2.05, 4.69) is 4.98 Å². The molecule has 8 nitrogen and oxygen atoms in total. The van der Waals surface area contributed by atoms with E-state index in [4.69, 9.17) is 4.74 Å². The summed E-state index contributed by atoms with van der Waals surface area (Å²) < 4.78 is 47.4. The van der Waals surface area contributed by atoms with E-state index in [-0.39, 0.29) is 53.7 Å². The van der Waals surface area contributed by atoms with E-state index in [0.29, 0.717) is 11.1 Å². The molecule has 0 aliphatic carbocycles. The molecule has 1 aromatic heterocycles. The van der Waals surface area contributed by atoms with E-state index in [1.54, 1.807) is 54.3 Å². The standard InChI is InChI=1S/C28H32FN3O5S/c1-18-5-11-24(12-6-18)38(35,36)31(4)16-26-19(2)15-32(20(3)17-33)28(34)25-13-22(14-30-27(25)37-26)21-7-9-23(29)10-8-21/h5-14,19-20,26,33H,15-17H2,1-4H3/t19-,20+,26-/m0/s1. The van der Waals surface area contributed by atoms with Crippen molar-refractivity contribution < 1.29 is 27.4 Å². The third-order valence-electron chi connectivity index (χ3n) is 6.86. The minimum atomic E-state index is -3.79. The third-order valence-corrected chi connectivity index (χ3v) is 8.70. The van der Waals surface area contributed by atoms with Crippen LogP contribution >= 0.6 is 0 Å². The molecule has 2 heterocycles. The van der Waals surface area contributed by atoms with E-state index in [9.17, 15) is 22.7 Å². The van der Waals surface area contributed by atoms with E-state index < -0.39 is 22.2 Å². The van der Waals surface area contributed by atoms with Gasteiger partial charge in [-0.05, 0) is 49.7 Å². The zero-order chi connectivity index (χ0) is 27.6.